The van der Waals surface area contributed by atoms with E-state index in [0.29, 0.717) is 45.6 Å². The molecule has 0 saturated heterocycles. The monoisotopic (exact) mass is 1140 g/mol. The predicted octanol–water partition coefficient (Wildman–Crippen LogP) is 20.7. The first-order chi connectivity index (χ1) is 39.9. The SMILES string of the molecule is C=C(C)C(=O)Oc1c(C)cc(Oc2c(C)cc(Oc3c(C)cc(Oc4c(C)cc(C(C)(C)c5cc(C)c(Oc6cc(C)c(Oc7cc(C)c(Oc8cc(C)c(OC(=O)C(=C)C)c(C)c8)c(C)c7)c(C)c6)c(C)c5)cc4C)cc3C)cc2C)cc1C. The van der Waals surface area contributed by atoms with Crippen LogP contribution in [0.25, 0.3) is 0 Å². The normalized spacial score (nSPS) is 11.2. The average Bonchev–Trinajstić information content (AvgIpc) is 3.61. The molecule has 0 fully saturated rings. The van der Waals surface area contributed by atoms with E-state index in [4.69, 9.17) is 37.9 Å². The highest BCUT2D eigenvalue weighted by atomic mass is 16.5. The minimum Gasteiger partial charge on any atom is -0.457 e. The summed E-state index contributed by atoms with van der Waals surface area (Å²) in [5.74, 6) is 8.90. The second kappa shape index (κ2) is 24.7. The molecule has 0 saturated carbocycles. The lowest BCUT2D eigenvalue weighted by atomic mass is 9.76. The summed E-state index contributed by atoms with van der Waals surface area (Å²) in [5.41, 5.74) is 17.4. The summed E-state index contributed by atoms with van der Waals surface area (Å²) in [4.78, 5) is 24.5. The van der Waals surface area contributed by atoms with Gasteiger partial charge in [0, 0.05) is 16.6 Å². The molecule has 0 unspecified atom stereocenters. The number of hydrogen-bond acceptors (Lipinski definition) is 10. The van der Waals surface area contributed by atoms with Gasteiger partial charge in [0.15, 0.2) is 0 Å². The van der Waals surface area contributed by atoms with Gasteiger partial charge in [-0.3, -0.25) is 0 Å². The van der Waals surface area contributed by atoms with E-state index in [9.17, 15) is 9.59 Å². The smallest absolute Gasteiger partial charge is 0.338 e. The molecule has 0 atom stereocenters. The van der Waals surface area contributed by atoms with Crippen LogP contribution in [-0.2, 0) is 15.0 Å². The Morgan fingerprint density at radius 3 is 0.565 bits per heavy atom. The van der Waals surface area contributed by atoms with Crippen molar-refractivity contribution in [3.05, 3.63) is 222 Å². The zero-order valence-electron chi connectivity index (χ0n) is 53.2. The largest absolute Gasteiger partial charge is 0.457 e. The van der Waals surface area contributed by atoms with Crippen LogP contribution in [0.5, 0.6) is 80.5 Å². The molecule has 0 bridgehead atoms. The summed E-state index contributed by atoms with van der Waals surface area (Å²) in [6.45, 7) is 47.3. The van der Waals surface area contributed by atoms with Crippen LogP contribution in [0.1, 0.15) is 128 Å². The number of rotatable bonds is 18. The summed E-state index contributed by atoms with van der Waals surface area (Å²) < 4.78 is 50.7. The first-order valence-electron chi connectivity index (χ1n) is 28.6. The van der Waals surface area contributed by atoms with Gasteiger partial charge in [0.05, 0.1) is 0 Å². The maximum Gasteiger partial charge on any atom is 0.338 e. The van der Waals surface area contributed by atoms with Crippen molar-refractivity contribution >= 4 is 11.9 Å². The van der Waals surface area contributed by atoms with Crippen LogP contribution in [-0.4, -0.2) is 11.9 Å². The van der Waals surface area contributed by atoms with Crippen molar-refractivity contribution < 1.29 is 47.5 Å². The van der Waals surface area contributed by atoms with Crippen molar-refractivity contribution in [3.8, 4) is 80.5 Å². The molecular formula is C75H80O10. The van der Waals surface area contributed by atoms with Crippen LogP contribution < -0.4 is 37.9 Å². The van der Waals surface area contributed by atoms with Crippen LogP contribution in [0.3, 0.4) is 0 Å². The van der Waals surface area contributed by atoms with E-state index >= 15 is 0 Å². The number of aryl methyl sites for hydroxylation is 16. The number of carbonyl (C=O) groups excluding carboxylic acids is 2. The lowest BCUT2D eigenvalue weighted by Gasteiger charge is -2.29. The predicted molar refractivity (Wildman–Crippen MR) is 341 cm³/mol. The Morgan fingerprint density at radius 1 is 0.271 bits per heavy atom. The lowest BCUT2D eigenvalue weighted by molar-refractivity contribution is -0.131. The molecule has 0 spiro atoms. The van der Waals surface area contributed by atoms with Crippen molar-refractivity contribution in [2.24, 2.45) is 0 Å². The maximum atomic E-state index is 12.2. The second-order valence-electron chi connectivity index (χ2n) is 23.8. The molecule has 0 aliphatic heterocycles. The van der Waals surface area contributed by atoms with E-state index in [1.165, 1.54) is 11.1 Å². The lowest BCUT2D eigenvalue weighted by Crippen LogP contribution is -2.20. The fourth-order valence-corrected chi connectivity index (χ4v) is 11.0. The summed E-state index contributed by atoms with van der Waals surface area (Å²) in [7, 11) is 0. The molecular weight excluding hydrogens is 1060 g/mol. The number of esters is 2. The second-order valence-corrected chi connectivity index (χ2v) is 23.8. The zero-order valence-corrected chi connectivity index (χ0v) is 53.2. The highest BCUT2D eigenvalue weighted by molar-refractivity contribution is 5.89. The Labute approximate surface area is 503 Å². The highest BCUT2D eigenvalue weighted by Gasteiger charge is 2.28. The molecule has 0 heterocycles. The van der Waals surface area contributed by atoms with E-state index < -0.39 is 11.9 Å². The molecule has 85 heavy (non-hydrogen) atoms. The minimum atomic E-state index is -0.459. The molecule has 0 amide bonds. The summed E-state index contributed by atoms with van der Waals surface area (Å²) in [6.07, 6.45) is 0. The molecule has 0 N–H and O–H groups in total. The van der Waals surface area contributed by atoms with Crippen LogP contribution in [0.4, 0.5) is 0 Å². The van der Waals surface area contributed by atoms with Crippen LogP contribution >= 0.6 is 0 Å². The number of benzene rings is 8. The van der Waals surface area contributed by atoms with Crippen LogP contribution in [0.2, 0.25) is 0 Å². The Hall–Kier alpha value is -9.02. The zero-order chi connectivity index (χ0) is 62.3. The van der Waals surface area contributed by atoms with Crippen LogP contribution in [0, 0.1) is 111 Å². The number of hydrogen-bond donors (Lipinski definition) is 0. The molecule has 0 aliphatic rings. The molecule has 8 aromatic carbocycles. The number of ether oxygens (including phenoxy) is 8. The standard InChI is InChI=1S/C75H80O10/c1-39(2)73(76)84-71-53(17)35-63(36-54(71)18)82-69-49(13)31-61(32-50(69)14)80-67-45(9)27-59(28-46(67)10)78-65-41(5)23-57(24-42(65)6)75(21,22)58-25-43(7)66(44(8)26-58)79-60-29-47(11)68(48(12)30-60)81-62-33-51(15)70(52(16)34-62)83-64-37-55(19)72(56(20)38-64)85-74(77)40(3)4/h23-38H,1,3H2,2,4-22H3. The van der Waals surface area contributed by atoms with Gasteiger partial charge < -0.3 is 37.9 Å². The van der Waals surface area contributed by atoms with E-state index in [1.807, 2.05) is 156 Å². The Balaban J connectivity index is 0.926. The van der Waals surface area contributed by atoms with Crippen molar-refractivity contribution in [2.75, 3.05) is 0 Å². The van der Waals surface area contributed by atoms with Gasteiger partial charge in [-0.05, 0) is 298 Å². The molecule has 0 aromatic heterocycles. The summed E-state index contributed by atoms with van der Waals surface area (Å²) in [5, 5.41) is 0. The van der Waals surface area contributed by atoms with Gasteiger partial charge in [0.25, 0.3) is 0 Å². The van der Waals surface area contributed by atoms with Gasteiger partial charge in [-0.15, -0.1) is 0 Å². The third-order valence-electron chi connectivity index (χ3n) is 15.4. The number of carbonyl (C=O) groups is 2. The summed E-state index contributed by atoms with van der Waals surface area (Å²) in [6, 6.07) is 32.4. The highest BCUT2D eigenvalue weighted by Crippen LogP contribution is 2.45. The van der Waals surface area contributed by atoms with Gasteiger partial charge in [0.2, 0.25) is 0 Å². The Morgan fingerprint density at radius 2 is 0.412 bits per heavy atom. The molecule has 10 heteroatoms. The van der Waals surface area contributed by atoms with Crippen LogP contribution in [0.15, 0.2) is 121 Å². The minimum absolute atomic E-state index is 0.337. The van der Waals surface area contributed by atoms with Gasteiger partial charge in [-0.1, -0.05) is 51.3 Å². The van der Waals surface area contributed by atoms with Crippen molar-refractivity contribution in [1.29, 1.82) is 0 Å². The molecule has 10 nitrogen and oxygen atoms in total. The van der Waals surface area contributed by atoms with E-state index in [0.717, 1.165) is 135 Å². The van der Waals surface area contributed by atoms with Crippen molar-refractivity contribution in [3.63, 3.8) is 0 Å². The summed E-state index contributed by atoms with van der Waals surface area (Å²) >= 11 is 0. The Kier molecular flexibility index (Phi) is 18.0. The van der Waals surface area contributed by atoms with Crippen molar-refractivity contribution in [2.45, 2.75) is 144 Å². The molecule has 0 aliphatic carbocycles. The van der Waals surface area contributed by atoms with Gasteiger partial charge in [-0.2, -0.15) is 0 Å². The first kappa shape index (κ1) is 62.0. The van der Waals surface area contributed by atoms with Gasteiger partial charge in [-0.25, -0.2) is 9.59 Å². The molecule has 440 valence electrons. The van der Waals surface area contributed by atoms with E-state index in [1.54, 1.807) is 13.8 Å². The molecule has 8 rings (SSSR count). The average molecular weight is 1140 g/mol. The maximum absolute atomic E-state index is 12.2. The van der Waals surface area contributed by atoms with E-state index in [2.05, 4.69) is 79.0 Å². The third kappa shape index (κ3) is 13.7. The fraction of sp³-hybridized carbons (Fsp3) is 0.280. The van der Waals surface area contributed by atoms with Crippen molar-refractivity contribution in [1.82, 2.24) is 0 Å². The third-order valence-corrected chi connectivity index (χ3v) is 15.4. The Bertz CT molecular complexity index is 3600. The molecule has 0 radical (unpaired) electrons. The topological polar surface area (TPSA) is 108 Å². The quantitative estimate of drug-likeness (QED) is 0.0468. The van der Waals surface area contributed by atoms with Gasteiger partial charge in [0.1, 0.15) is 80.5 Å². The van der Waals surface area contributed by atoms with Gasteiger partial charge >= 0.3 is 11.9 Å². The molecule has 8 aromatic rings. The first-order valence-corrected chi connectivity index (χ1v) is 28.6. The van der Waals surface area contributed by atoms with E-state index in [-0.39, 0.29) is 5.41 Å². The fourth-order valence-electron chi connectivity index (χ4n) is 11.0.